The van der Waals surface area contributed by atoms with Crippen LogP contribution in [-0.2, 0) is 0 Å². The fourth-order valence-corrected chi connectivity index (χ4v) is 1.41. The van der Waals surface area contributed by atoms with Gasteiger partial charge in [0.1, 0.15) is 0 Å². The molecule has 3 heteroatoms. The lowest BCUT2D eigenvalue weighted by atomic mass is 10.0. The molecule has 0 aromatic rings. The molecular formula is C8H18N2O. The van der Waals surface area contributed by atoms with E-state index in [-0.39, 0.29) is 6.10 Å². The Morgan fingerprint density at radius 3 is 2.82 bits per heavy atom. The maximum atomic E-state index is 9.40. The summed E-state index contributed by atoms with van der Waals surface area (Å²) in [6, 6.07) is 0.682. The van der Waals surface area contributed by atoms with E-state index >= 15 is 0 Å². The van der Waals surface area contributed by atoms with E-state index in [1.165, 1.54) is 6.42 Å². The van der Waals surface area contributed by atoms with Crippen molar-refractivity contribution in [1.82, 2.24) is 10.2 Å². The molecule has 1 aliphatic heterocycles. The van der Waals surface area contributed by atoms with Crippen molar-refractivity contribution in [2.75, 3.05) is 26.7 Å². The van der Waals surface area contributed by atoms with E-state index in [0.29, 0.717) is 12.6 Å². The summed E-state index contributed by atoms with van der Waals surface area (Å²) in [4.78, 5) is 2.31. The molecule has 0 spiro atoms. The number of nitrogens with zero attached hydrogens (tertiary/aromatic N) is 1. The molecule has 1 fully saturated rings. The SMILES string of the molecule is CNCC(O)CN1CCC1C. The Hall–Kier alpha value is -0.120. The van der Waals surface area contributed by atoms with Crippen LogP contribution in [0.5, 0.6) is 0 Å². The number of aliphatic hydroxyl groups excluding tert-OH is 1. The van der Waals surface area contributed by atoms with E-state index in [9.17, 15) is 5.11 Å². The predicted molar refractivity (Wildman–Crippen MR) is 45.6 cm³/mol. The largest absolute Gasteiger partial charge is 0.390 e. The van der Waals surface area contributed by atoms with E-state index in [1.807, 2.05) is 7.05 Å². The highest BCUT2D eigenvalue weighted by atomic mass is 16.3. The van der Waals surface area contributed by atoms with Gasteiger partial charge in [0.05, 0.1) is 6.10 Å². The molecule has 2 N–H and O–H groups in total. The summed E-state index contributed by atoms with van der Waals surface area (Å²) in [7, 11) is 1.86. The average molecular weight is 158 g/mol. The standard InChI is InChI=1S/C8H18N2O/c1-7-3-4-10(7)6-8(11)5-9-2/h7-9,11H,3-6H2,1-2H3. The van der Waals surface area contributed by atoms with E-state index in [4.69, 9.17) is 0 Å². The number of hydrogen-bond acceptors (Lipinski definition) is 3. The second-order valence-corrected chi connectivity index (χ2v) is 3.34. The van der Waals surface area contributed by atoms with Crippen molar-refractivity contribution in [3.63, 3.8) is 0 Å². The van der Waals surface area contributed by atoms with Crippen molar-refractivity contribution in [1.29, 1.82) is 0 Å². The van der Waals surface area contributed by atoms with Gasteiger partial charge in [-0.3, -0.25) is 4.90 Å². The fourth-order valence-electron chi connectivity index (χ4n) is 1.41. The Balaban J connectivity index is 2.09. The topological polar surface area (TPSA) is 35.5 Å². The van der Waals surface area contributed by atoms with Crippen LogP contribution in [0.4, 0.5) is 0 Å². The monoisotopic (exact) mass is 158 g/mol. The number of aliphatic hydroxyl groups is 1. The third kappa shape index (κ3) is 2.43. The van der Waals surface area contributed by atoms with Crippen LogP contribution >= 0.6 is 0 Å². The molecule has 11 heavy (non-hydrogen) atoms. The molecule has 1 aliphatic rings. The van der Waals surface area contributed by atoms with Crippen molar-refractivity contribution in [2.24, 2.45) is 0 Å². The maximum absolute atomic E-state index is 9.40. The second kappa shape index (κ2) is 4.04. The summed E-state index contributed by atoms with van der Waals surface area (Å²) >= 11 is 0. The van der Waals surface area contributed by atoms with Crippen LogP contribution in [0, 0.1) is 0 Å². The molecule has 2 atom stereocenters. The zero-order valence-electron chi connectivity index (χ0n) is 7.38. The van der Waals surface area contributed by atoms with Crippen LogP contribution in [0.1, 0.15) is 13.3 Å². The third-order valence-corrected chi connectivity index (χ3v) is 2.34. The lowest BCUT2D eigenvalue weighted by molar-refractivity contribution is 0.0405. The van der Waals surface area contributed by atoms with E-state index in [0.717, 1.165) is 13.1 Å². The molecule has 66 valence electrons. The fraction of sp³-hybridized carbons (Fsp3) is 1.00. The molecule has 0 aromatic carbocycles. The van der Waals surface area contributed by atoms with Crippen molar-refractivity contribution >= 4 is 0 Å². The van der Waals surface area contributed by atoms with Crippen LogP contribution in [0.3, 0.4) is 0 Å². The van der Waals surface area contributed by atoms with E-state index < -0.39 is 0 Å². The first kappa shape index (κ1) is 8.97. The minimum Gasteiger partial charge on any atom is -0.390 e. The van der Waals surface area contributed by atoms with Crippen LogP contribution in [-0.4, -0.2) is 48.8 Å². The molecule has 0 saturated carbocycles. The van der Waals surface area contributed by atoms with E-state index in [2.05, 4.69) is 17.1 Å². The highest BCUT2D eigenvalue weighted by molar-refractivity contribution is 4.80. The van der Waals surface area contributed by atoms with Gasteiger partial charge in [0.25, 0.3) is 0 Å². The van der Waals surface area contributed by atoms with Gasteiger partial charge in [0.15, 0.2) is 0 Å². The predicted octanol–water partition coefficient (Wildman–Crippen LogP) is -0.339. The van der Waals surface area contributed by atoms with Crippen molar-refractivity contribution in [3.8, 4) is 0 Å². The molecule has 1 rings (SSSR count). The molecule has 3 nitrogen and oxygen atoms in total. The molecular weight excluding hydrogens is 140 g/mol. The minimum absolute atomic E-state index is 0.206. The molecule has 0 aliphatic carbocycles. The number of β-amino-alcohol motifs (C(OH)–C–C–N with tert-alkyl or cyclic N) is 1. The number of rotatable bonds is 4. The number of nitrogens with one attached hydrogen (secondary N) is 1. The lowest BCUT2D eigenvalue weighted by Crippen LogP contribution is -2.50. The quantitative estimate of drug-likeness (QED) is 0.587. The van der Waals surface area contributed by atoms with Crippen LogP contribution in [0.25, 0.3) is 0 Å². The summed E-state index contributed by atoms with van der Waals surface area (Å²) in [6.45, 7) is 4.88. The summed E-state index contributed by atoms with van der Waals surface area (Å²) in [5.74, 6) is 0. The molecule has 0 amide bonds. The molecule has 0 bridgehead atoms. The number of hydrogen-bond donors (Lipinski definition) is 2. The van der Waals surface area contributed by atoms with Crippen LogP contribution < -0.4 is 5.32 Å². The summed E-state index contributed by atoms with van der Waals surface area (Å²) in [5.41, 5.74) is 0. The highest BCUT2D eigenvalue weighted by Gasteiger charge is 2.24. The molecule has 1 heterocycles. The van der Waals surface area contributed by atoms with Crippen molar-refractivity contribution < 1.29 is 5.11 Å². The first-order valence-electron chi connectivity index (χ1n) is 4.30. The van der Waals surface area contributed by atoms with Gasteiger partial charge in [-0.15, -0.1) is 0 Å². The van der Waals surface area contributed by atoms with Gasteiger partial charge in [0.2, 0.25) is 0 Å². The molecule has 0 aromatic heterocycles. The number of likely N-dealkylation sites (N-methyl/N-ethyl adjacent to an activating group) is 1. The summed E-state index contributed by atoms with van der Waals surface area (Å²) < 4.78 is 0. The van der Waals surface area contributed by atoms with Gasteiger partial charge in [-0.1, -0.05) is 0 Å². The Morgan fingerprint density at radius 1 is 1.73 bits per heavy atom. The molecule has 1 saturated heterocycles. The maximum Gasteiger partial charge on any atom is 0.0791 e. The minimum atomic E-state index is -0.206. The molecule has 2 unspecified atom stereocenters. The van der Waals surface area contributed by atoms with Gasteiger partial charge in [-0.05, 0) is 26.9 Å². The van der Waals surface area contributed by atoms with Crippen molar-refractivity contribution in [3.05, 3.63) is 0 Å². The Kier molecular flexibility index (Phi) is 3.30. The van der Waals surface area contributed by atoms with Gasteiger partial charge in [-0.25, -0.2) is 0 Å². The van der Waals surface area contributed by atoms with Crippen LogP contribution in [0.15, 0.2) is 0 Å². The Labute approximate surface area is 68.4 Å². The zero-order chi connectivity index (χ0) is 8.27. The first-order valence-corrected chi connectivity index (χ1v) is 4.30. The molecule has 0 radical (unpaired) electrons. The van der Waals surface area contributed by atoms with Crippen molar-refractivity contribution in [2.45, 2.75) is 25.5 Å². The third-order valence-electron chi connectivity index (χ3n) is 2.34. The van der Waals surface area contributed by atoms with Gasteiger partial charge in [-0.2, -0.15) is 0 Å². The normalized spacial score (nSPS) is 28.1. The smallest absolute Gasteiger partial charge is 0.0791 e. The van der Waals surface area contributed by atoms with Gasteiger partial charge in [0, 0.05) is 19.1 Å². The second-order valence-electron chi connectivity index (χ2n) is 3.34. The highest BCUT2D eigenvalue weighted by Crippen LogP contribution is 2.15. The average Bonchev–Trinajstić information content (AvgIpc) is 1.98. The first-order chi connectivity index (χ1) is 5.24. The Morgan fingerprint density at radius 2 is 2.45 bits per heavy atom. The summed E-state index contributed by atoms with van der Waals surface area (Å²) in [6.07, 6.45) is 1.08. The van der Waals surface area contributed by atoms with E-state index in [1.54, 1.807) is 0 Å². The Bertz CT molecular complexity index is 119. The number of likely N-dealkylation sites (tertiary alicyclic amines) is 1. The van der Waals surface area contributed by atoms with Gasteiger partial charge < -0.3 is 10.4 Å². The van der Waals surface area contributed by atoms with Gasteiger partial charge >= 0.3 is 0 Å². The summed E-state index contributed by atoms with van der Waals surface area (Å²) in [5, 5.41) is 12.4. The zero-order valence-corrected chi connectivity index (χ0v) is 7.38. The lowest BCUT2D eigenvalue weighted by Gasteiger charge is -2.39. The van der Waals surface area contributed by atoms with Crippen LogP contribution in [0.2, 0.25) is 0 Å².